The van der Waals surface area contributed by atoms with Crippen LogP contribution in [0.2, 0.25) is 0 Å². The van der Waals surface area contributed by atoms with Crippen LogP contribution in [0.3, 0.4) is 0 Å². The Labute approximate surface area is 71.6 Å². The summed E-state index contributed by atoms with van der Waals surface area (Å²) in [6.45, 7) is 3.66. The first-order valence-electron chi connectivity index (χ1n) is 4.32. The maximum Gasteiger partial charge on any atom is 0.168 e. The Morgan fingerprint density at radius 2 is 2.17 bits per heavy atom. The minimum atomic E-state index is -0.663. The molecule has 2 atom stereocenters. The van der Waals surface area contributed by atoms with Crippen molar-refractivity contribution in [1.82, 2.24) is 0 Å². The van der Waals surface area contributed by atoms with Crippen LogP contribution in [0.1, 0.15) is 26.7 Å². The molecule has 0 aromatic heterocycles. The van der Waals surface area contributed by atoms with Crippen LogP contribution < -0.4 is 0 Å². The lowest BCUT2D eigenvalue weighted by molar-refractivity contribution is -0.136. The predicted molar refractivity (Wildman–Crippen MR) is 44.6 cm³/mol. The van der Waals surface area contributed by atoms with Crippen LogP contribution in [0.25, 0.3) is 0 Å². The molecule has 64 valence electrons. The van der Waals surface area contributed by atoms with E-state index in [9.17, 15) is 9.59 Å². The van der Waals surface area contributed by atoms with Crippen LogP contribution in [0.15, 0.2) is 11.6 Å². The Hall–Kier alpha value is -0.920. The SMILES string of the molecule is CC1=CC(=O)C2(C)CCC1C2=O. The standard InChI is InChI=1S/C10H12O2/c1-6-5-8(11)10(2)4-3-7(6)9(10)12/h5,7H,3-4H2,1-2H3. The van der Waals surface area contributed by atoms with Crippen molar-refractivity contribution in [2.24, 2.45) is 11.3 Å². The van der Waals surface area contributed by atoms with Crippen molar-refractivity contribution in [3.63, 3.8) is 0 Å². The number of rotatable bonds is 0. The first kappa shape index (κ1) is 7.71. The van der Waals surface area contributed by atoms with E-state index >= 15 is 0 Å². The maximum absolute atomic E-state index is 11.7. The van der Waals surface area contributed by atoms with Gasteiger partial charge in [-0.05, 0) is 32.8 Å². The van der Waals surface area contributed by atoms with Gasteiger partial charge in [-0.25, -0.2) is 0 Å². The summed E-state index contributed by atoms with van der Waals surface area (Å²) in [6, 6.07) is 0. The van der Waals surface area contributed by atoms with Gasteiger partial charge in [0.05, 0.1) is 5.41 Å². The number of fused-ring (bicyclic) bond motifs is 2. The van der Waals surface area contributed by atoms with Crippen molar-refractivity contribution < 1.29 is 9.59 Å². The third-order valence-corrected chi connectivity index (χ3v) is 3.25. The second-order valence-electron chi connectivity index (χ2n) is 4.04. The molecule has 0 N–H and O–H groups in total. The van der Waals surface area contributed by atoms with Crippen molar-refractivity contribution in [2.45, 2.75) is 26.7 Å². The molecule has 0 saturated heterocycles. The molecule has 2 nitrogen and oxygen atoms in total. The van der Waals surface area contributed by atoms with Crippen LogP contribution in [0.4, 0.5) is 0 Å². The number of ketones is 2. The van der Waals surface area contributed by atoms with Gasteiger partial charge in [0.1, 0.15) is 0 Å². The van der Waals surface area contributed by atoms with E-state index in [4.69, 9.17) is 0 Å². The van der Waals surface area contributed by atoms with Gasteiger partial charge in [-0.3, -0.25) is 9.59 Å². The average molecular weight is 164 g/mol. The molecular formula is C10H12O2. The van der Waals surface area contributed by atoms with Crippen LogP contribution >= 0.6 is 0 Å². The Morgan fingerprint density at radius 3 is 2.83 bits per heavy atom. The van der Waals surface area contributed by atoms with E-state index in [1.54, 1.807) is 13.0 Å². The molecule has 0 heterocycles. The fourth-order valence-corrected chi connectivity index (χ4v) is 2.22. The third-order valence-electron chi connectivity index (χ3n) is 3.25. The molecular weight excluding hydrogens is 152 g/mol. The second-order valence-corrected chi connectivity index (χ2v) is 4.04. The van der Waals surface area contributed by atoms with Crippen LogP contribution in [0, 0.1) is 11.3 Å². The molecule has 2 aliphatic carbocycles. The van der Waals surface area contributed by atoms with Crippen LogP contribution in [0.5, 0.6) is 0 Å². The van der Waals surface area contributed by atoms with Crippen molar-refractivity contribution >= 4 is 11.6 Å². The van der Waals surface area contributed by atoms with Crippen molar-refractivity contribution in [1.29, 1.82) is 0 Å². The first-order chi connectivity index (χ1) is 5.55. The smallest absolute Gasteiger partial charge is 0.168 e. The lowest BCUT2D eigenvalue weighted by Gasteiger charge is -2.24. The van der Waals surface area contributed by atoms with Gasteiger partial charge in [0, 0.05) is 5.92 Å². The Bertz CT molecular complexity index is 301. The quantitative estimate of drug-likeness (QED) is 0.508. The molecule has 0 aromatic rings. The average Bonchev–Trinajstić information content (AvgIpc) is 2.23. The highest BCUT2D eigenvalue weighted by molar-refractivity contribution is 6.16. The summed E-state index contributed by atoms with van der Waals surface area (Å²) in [6.07, 6.45) is 3.26. The monoisotopic (exact) mass is 164 g/mol. The normalized spacial score (nSPS) is 40.2. The fourth-order valence-electron chi connectivity index (χ4n) is 2.22. The highest BCUT2D eigenvalue weighted by Crippen LogP contribution is 2.45. The molecule has 2 aliphatic rings. The lowest BCUT2D eigenvalue weighted by Crippen LogP contribution is -2.36. The van der Waals surface area contributed by atoms with Crippen molar-refractivity contribution in [2.75, 3.05) is 0 Å². The number of Topliss-reactive ketones (excluding diaryl/α,β-unsaturated/α-hetero) is 1. The molecule has 2 rings (SSSR count). The number of carbonyl (C=O) groups excluding carboxylic acids is 2. The molecule has 1 saturated carbocycles. The lowest BCUT2D eigenvalue weighted by atomic mass is 9.76. The van der Waals surface area contributed by atoms with Crippen molar-refractivity contribution in [3.8, 4) is 0 Å². The van der Waals surface area contributed by atoms with E-state index in [1.807, 2.05) is 6.92 Å². The van der Waals surface area contributed by atoms with E-state index in [2.05, 4.69) is 0 Å². The maximum atomic E-state index is 11.7. The number of carbonyl (C=O) groups is 2. The zero-order valence-corrected chi connectivity index (χ0v) is 7.39. The number of hydrogen-bond acceptors (Lipinski definition) is 2. The van der Waals surface area contributed by atoms with E-state index in [-0.39, 0.29) is 17.5 Å². The summed E-state index contributed by atoms with van der Waals surface area (Å²) in [4.78, 5) is 23.2. The minimum absolute atomic E-state index is 0.0127. The van der Waals surface area contributed by atoms with Gasteiger partial charge in [0.2, 0.25) is 0 Å². The summed E-state index contributed by atoms with van der Waals surface area (Å²) in [7, 11) is 0. The van der Waals surface area contributed by atoms with Crippen LogP contribution in [-0.2, 0) is 9.59 Å². The second kappa shape index (κ2) is 2.06. The third kappa shape index (κ3) is 0.701. The highest BCUT2D eigenvalue weighted by atomic mass is 16.2. The minimum Gasteiger partial charge on any atom is -0.298 e. The van der Waals surface area contributed by atoms with Gasteiger partial charge in [-0.2, -0.15) is 0 Å². The molecule has 1 fully saturated rings. The molecule has 0 aliphatic heterocycles. The molecule has 0 spiro atoms. The fraction of sp³-hybridized carbons (Fsp3) is 0.600. The van der Waals surface area contributed by atoms with Gasteiger partial charge in [0.15, 0.2) is 11.6 Å². The molecule has 0 radical (unpaired) electrons. The molecule has 0 aromatic carbocycles. The van der Waals surface area contributed by atoms with Gasteiger partial charge in [0.25, 0.3) is 0 Å². The Kier molecular flexibility index (Phi) is 1.33. The highest BCUT2D eigenvalue weighted by Gasteiger charge is 2.51. The molecule has 0 amide bonds. The molecule has 12 heavy (non-hydrogen) atoms. The van der Waals surface area contributed by atoms with E-state index in [1.165, 1.54) is 0 Å². The zero-order valence-electron chi connectivity index (χ0n) is 7.39. The van der Waals surface area contributed by atoms with Gasteiger partial charge in [-0.1, -0.05) is 5.57 Å². The van der Waals surface area contributed by atoms with Gasteiger partial charge in [-0.15, -0.1) is 0 Å². The molecule has 2 heteroatoms. The largest absolute Gasteiger partial charge is 0.298 e. The van der Waals surface area contributed by atoms with E-state index < -0.39 is 5.41 Å². The first-order valence-corrected chi connectivity index (χ1v) is 4.32. The summed E-state index contributed by atoms with van der Waals surface area (Å²) in [5.74, 6) is 0.207. The van der Waals surface area contributed by atoms with Gasteiger partial charge < -0.3 is 0 Å². The van der Waals surface area contributed by atoms with E-state index in [0.717, 1.165) is 18.4 Å². The zero-order chi connectivity index (χ0) is 8.93. The summed E-state index contributed by atoms with van der Waals surface area (Å²) >= 11 is 0. The van der Waals surface area contributed by atoms with E-state index in [0.29, 0.717) is 0 Å². The predicted octanol–water partition coefficient (Wildman–Crippen LogP) is 1.50. The number of hydrogen-bond donors (Lipinski definition) is 0. The molecule has 2 unspecified atom stereocenters. The summed E-state index contributed by atoms with van der Waals surface area (Å²) in [5, 5.41) is 0. The molecule has 2 bridgehead atoms. The topological polar surface area (TPSA) is 34.1 Å². The Balaban J connectivity index is 2.55. The van der Waals surface area contributed by atoms with Crippen molar-refractivity contribution in [3.05, 3.63) is 11.6 Å². The summed E-state index contributed by atoms with van der Waals surface area (Å²) in [5.41, 5.74) is 0.296. The Morgan fingerprint density at radius 1 is 1.50 bits per heavy atom. The van der Waals surface area contributed by atoms with Crippen LogP contribution in [-0.4, -0.2) is 11.6 Å². The van der Waals surface area contributed by atoms with Gasteiger partial charge >= 0.3 is 0 Å². The summed E-state index contributed by atoms with van der Waals surface area (Å²) < 4.78 is 0. The number of allylic oxidation sites excluding steroid dienone is 2.